The standard InChI is InChI=1S/C9H9N3O/c10-9(12-13)8-5-6-3-1-2-4-7(6)11-8/h1-5,11,13H,(H2,10,12). The molecule has 0 fully saturated rings. The number of hydrogen-bond donors (Lipinski definition) is 3. The number of oxime groups is 1. The highest BCUT2D eigenvalue weighted by atomic mass is 16.4. The number of nitrogens with two attached hydrogens (primary N) is 1. The van der Waals surface area contributed by atoms with E-state index in [1.54, 1.807) is 0 Å². The fraction of sp³-hybridized carbons (Fsp3) is 0. The summed E-state index contributed by atoms with van der Waals surface area (Å²) < 4.78 is 0. The van der Waals surface area contributed by atoms with Gasteiger partial charge in [-0.05, 0) is 12.1 Å². The lowest BCUT2D eigenvalue weighted by Crippen LogP contribution is -2.13. The zero-order valence-corrected chi connectivity index (χ0v) is 6.86. The molecule has 1 aromatic carbocycles. The van der Waals surface area contributed by atoms with Gasteiger partial charge in [0.15, 0.2) is 5.84 Å². The Morgan fingerprint density at radius 2 is 2.15 bits per heavy atom. The summed E-state index contributed by atoms with van der Waals surface area (Å²) in [5.74, 6) is 0.0937. The van der Waals surface area contributed by atoms with Gasteiger partial charge in [0.25, 0.3) is 0 Å². The fourth-order valence-corrected chi connectivity index (χ4v) is 1.27. The second kappa shape index (κ2) is 2.82. The van der Waals surface area contributed by atoms with Crippen molar-refractivity contribution >= 4 is 16.7 Å². The van der Waals surface area contributed by atoms with E-state index in [2.05, 4.69) is 10.1 Å². The summed E-state index contributed by atoms with van der Waals surface area (Å²) >= 11 is 0. The van der Waals surface area contributed by atoms with Crippen LogP contribution in [0.15, 0.2) is 35.5 Å². The molecule has 2 rings (SSSR count). The summed E-state index contributed by atoms with van der Waals surface area (Å²) in [6, 6.07) is 9.59. The van der Waals surface area contributed by atoms with Crippen LogP contribution >= 0.6 is 0 Å². The summed E-state index contributed by atoms with van der Waals surface area (Å²) in [5, 5.41) is 12.4. The van der Waals surface area contributed by atoms with Crippen molar-refractivity contribution in [2.45, 2.75) is 0 Å². The first-order valence-corrected chi connectivity index (χ1v) is 3.87. The maximum Gasteiger partial charge on any atom is 0.186 e. The monoisotopic (exact) mass is 175 g/mol. The molecule has 4 N–H and O–H groups in total. The molecule has 2 aromatic rings. The minimum atomic E-state index is 0.0937. The molecule has 1 heterocycles. The van der Waals surface area contributed by atoms with Crippen LogP contribution in [0.25, 0.3) is 10.9 Å². The Balaban J connectivity index is 2.62. The molecular weight excluding hydrogens is 166 g/mol. The van der Waals surface area contributed by atoms with Gasteiger partial charge >= 0.3 is 0 Å². The van der Waals surface area contributed by atoms with Gasteiger partial charge in [-0.25, -0.2) is 0 Å². The molecule has 0 radical (unpaired) electrons. The number of nitrogens with one attached hydrogen (secondary N) is 1. The van der Waals surface area contributed by atoms with Crippen LogP contribution in [0.1, 0.15) is 5.69 Å². The van der Waals surface area contributed by atoms with Gasteiger partial charge in [0, 0.05) is 10.9 Å². The van der Waals surface area contributed by atoms with Crippen molar-refractivity contribution in [3.05, 3.63) is 36.0 Å². The third kappa shape index (κ3) is 1.22. The molecule has 4 nitrogen and oxygen atoms in total. The Bertz CT molecular complexity index is 426. The summed E-state index contributed by atoms with van der Waals surface area (Å²) in [7, 11) is 0. The number of H-pyrrole nitrogens is 1. The van der Waals surface area contributed by atoms with Crippen LogP contribution in [-0.2, 0) is 0 Å². The Morgan fingerprint density at radius 3 is 2.85 bits per heavy atom. The molecule has 0 aliphatic rings. The number of rotatable bonds is 1. The lowest BCUT2D eigenvalue weighted by Gasteiger charge is -1.89. The van der Waals surface area contributed by atoms with E-state index in [4.69, 9.17) is 10.9 Å². The minimum Gasteiger partial charge on any atom is -0.409 e. The molecule has 4 heteroatoms. The minimum absolute atomic E-state index is 0.0937. The summed E-state index contributed by atoms with van der Waals surface area (Å²) in [6.45, 7) is 0. The first-order valence-electron chi connectivity index (χ1n) is 3.87. The van der Waals surface area contributed by atoms with Gasteiger partial charge < -0.3 is 15.9 Å². The second-order valence-electron chi connectivity index (χ2n) is 2.76. The molecule has 0 saturated carbocycles. The summed E-state index contributed by atoms with van der Waals surface area (Å²) in [6.07, 6.45) is 0. The lowest BCUT2D eigenvalue weighted by atomic mass is 10.2. The van der Waals surface area contributed by atoms with Crippen molar-refractivity contribution in [3.8, 4) is 0 Å². The summed E-state index contributed by atoms with van der Waals surface area (Å²) in [4.78, 5) is 3.03. The number of benzene rings is 1. The van der Waals surface area contributed by atoms with Crippen LogP contribution in [0.5, 0.6) is 0 Å². The van der Waals surface area contributed by atoms with Crippen molar-refractivity contribution in [2.24, 2.45) is 10.9 Å². The Kier molecular flexibility index (Phi) is 1.66. The van der Waals surface area contributed by atoms with Crippen LogP contribution in [0, 0.1) is 0 Å². The number of amidine groups is 1. The Labute approximate surface area is 74.7 Å². The molecular formula is C9H9N3O. The van der Waals surface area contributed by atoms with E-state index >= 15 is 0 Å². The maximum absolute atomic E-state index is 8.46. The molecule has 66 valence electrons. The van der Waals surface area contributed by atoms with Crippen LogP contribution in [-0.4, -0.2) is 16.0 Å². The molecule has 0 aliphatic heterocycles. The van der Waals surface area contributed by atoms with Gasteiger partial charge in [0.1, 0.15) is 0 Å². The predicted molar refractivity (Wildman–Crippen MR) is 50.8 cm³/mol. The number of para-hydroxylation sites is 1. The third-order valence-electron chi connectivity index (χ3n) is 1.91. The number of aromatic amines is 1. The largest absolute Gasteiger partial charge is 0.409 e. The van der Waals surface area contributed by atoms with Gasteiger partial charge in [-0.2, -0.15) is 0 Å². The third-order valence-corrected chi connectivity index (χ3v) is 1.91. The smallest absolute Gasteiger partial charge is 0.186 e. The predicted octanol–water partition coefficient (Wildman–Crippen LogP) is 1.26. The van der Waals surface area contributed by atoms with E-state index in [1.165, 1.54) is 0 Å². The van der Waals surface area contributed by atoms with Crippen molar-refractivity contribution in [1.29, 1.82) is 0 Å². The molecule has 0 amide bonds. The van der Waals surface area contributed by atoms with E-state index < -0.39 is 0 Å². The molecule has 1 aromatic heterocycles. The molecule has 0 bridgehead atoms. The van der Waals surface area contributed by atoms with E-state index in [0.29, 0.717) is 5.69 Å². The van der Waals surface area contributed by atoms with Gasteiger partial charge in [-0.1, -0.05) is 23.4 Å². The number of hydrogen-bond acceptors (Lipinski definition) is 2. The first-order chi connectivity index (χ1) is 6.31. The zero-order valence-electron chi connectivity index (χ0n) is 6.86. The van der Waals surface area contributed by atoms with E-state index in [0.717, 1.165) is 10.9 Å². The Morgan fingerprint density at radius 1 is 1.38 bits per heavy atom. The average Bonchev–Trinajstić information content (AvgIpc) is 2.59. The average molecular weight is 175 g/mol. The quantitative estimate of drug-likeness (QED) is 0.264. The highest BCUT2D eigenvalue weighted by Gasteiger charge is 2.02. The topological polar surface area (TPSA) is 74.4 Å². The SMILES string of the molecule is N/C(=N/O)c1cc2ccccc2[nH]1. The molecule has 0 unspecified atom stereocenters. The number of nitrogens with zero attached hydrogens (tertiary/aromatic N) is 1. The van der Waals surface area contributed by atoms with E-state index in [-0.39, 0.29) is 5.84 Å². The highest BCUT2D eigenvalue weighted by molar-refractivity contribution is 6.00. The van der Waals surface area contributed by atoms with Crippen LogP contribution < -0.4 is 5.73 Å². The summed E-state index contributed by atoms with van der Waals surface area (Å²) in [5.41, 5.74) is 7.03. The number of fused-ring (bicyclic) bond motifs is 1. The van der Waals surface area contributed by atoms with Gasteiger partial charge in [0.05, 0.1) is 5.69 Å². The molecule has 0 spiro atoms. The van der Waals surface area contributed by atoms with Crippen molar-refractivity contribution in [3.63, 3.8) is 0 Å². The molecule has 13 heavy (non-hydrogen) atoms. The molecule has 0 atom stereocenters. The van der Waals surface area contributed by atoms with Crippen molar-refractivity contribution < 1.29 is 5.21 Å². The molecule has 0 aliphatic carbocycles. The second-order valence-corrected chi connectivity index (χ2v) is 2.76. The maximum atomic E-state index is 8.46. The van der Waals surface area contributed by atoms with Crippen LogP contribution in [0.2, 0.25) is 0 Å². The van der Waals surface area contributed by atoms with E-state index in [9.17, 15) is 0 Å². The van der Waals surface area contributed by atoms with Crippen LogP contribution in [0.3, 0.4) is 0 Å². The normalized spacial score (nSPS) is 12.2. The highest BCUT2D eigenvalue weighted by Crippen LogP contribution is 2.13. The van der Waals surface area contributed by atoms with Gasteiger partial charge in [-0.15, -0.1) is 0 Å². The number of aromatic nitrogens is 1. The zero-order chi connectivity index (χ0) is 9.26. The lowest BCUT2D eigenvalue weighted by molar-refractivity contribution is 0.318. The van der Waals surface area contributed by atoms with Crippen LogP contribution in [0.4, 0.5) is 0 Å². The molecule has 0 saturated heterocycles. The van der Waals surface area contributed by atoms with Gasteiger partial charge in [-0.3, -0.25) is 0 Å². The van der Waals surface area contributed by atoms with E-state index in [1.807, 2.05) is 30.3 Å². The van der Waals surface area contributed by atoms with Gasteiger partial charge in [0.2, 0.25) is 0 Å². The van der Waals surface area contributed by atoms with Crippen molar-refractivity contribution in [2.75, 3.05) is 0 Å². The van der Waals surface area contributed by atoms with Crippen molar-refractivity contribution in [1.82, 2.24) is 4.98 Å². The first kappa shape index (κ1) is 7.67. The fourth-order valence-electron chi connectivity index (χ4n) is 1.27. The Hall–Kier alpha value is -1.97.